The SMILES string of the molecule is Cc1cn(CC(=O)N(CCNC(=O)CN(CCNC(=O)CSCCCCCCSC[C@H]2O[C@@H](O[C@@H]3[C@@H](O)[C@H](N)C[C@H](N)[C@H]3O[C@H]3O[C@H](CN)[C@@H](O)[C@H](O)[C@H]3N)[C@H](O)[C@@H]2O[C@H]2O[C@@H](CN)[C@@H](O)[C@H](O)[C@H]2N)C(=O)Cn2ccc(N)nc2=O)CC(N)=O)c(=O)[nH]c1=O. The number of hydrogen-bond donors (Lipinski definition) is 17. The highest BCUT2D eigenvalue weighted by Crippen LogP contribution is 2.35. The average Bonchev–Trinajstić information content (AvgIpc) is 1.43. The first-order valence-corrected chi connectivity index (χ1v) is 31.6. The van der Waals surface area contributed by atoms with Crippen molar-refractivity contribution in [2.24, 2.45) is 40.1 Å². The molecule has 5 heterocycles. The molecule has 5 amide bonds. The van der Waals surface area contributed by atoms with Crippen molar-refractivity contribution in [2.45, 2.75) is 168 Å². The summed E-state index contributed by atoms with van der Waals surface area (Å²) in [4.78, 5) is 109. The van der Waals surface area contributed by atoms with Gasteiger partial charge in [-0.05, 0) is 43.8 Å². The number of nitrogens with two attached hydrogens (primary N) is 8. The van der Waals surface area contributed by atoms with Crippen molar-refractivity contribution in [3.63, 3.8) is 0 Å². The molecule has 0 unspecified atom stereocenters. The van der Waals surface area contributed by atoms with Crippen LogP contribution in [0.3, 0.4) is 0 Å². The first-order chi connectivity index (χ1) is 42.7. The number of carbonyl (C=O) groups excluding carboxylic acids is 5. The topological polar surface area (TPSA) is 591 Å². The second-order valence-corrected chi connectivity index (χ2v) is 24.6. The zero-order valence-electron chi connectivity index (χ0n) is 49.7. The summed E-state index contributed by atoms with van der Waals surface area (Å²) in [6, 6.07) is -3.07. The second kappa shape index (κ2) is 35.1. The lowest BCUT2D eigenvalue weighted by atomic mass is 9.84. The van der Waals surface area contributed by atoms with Gasteiger partial charge in [0.05, 0.1) is 43.1 Å². The molecule has 3 saturated heterocycles. The molecule has 508 valence electrons. The fourth-order valence-corrected chi connectivity index (χ4v) is 12.3. The number of aromatic nitrogens is 4. The Kier molecular flexibility index (Phi) is 28.8. The zero-order valence-corrected chi connectivity index (χ0v) is 51.3. The number of nitrogen functional groups attached to an aromatic ring is 1. The van der Waals surface area contributed by atoms with Gasteiger partial charge >= 0.3 is 11.4 Å². The molecule has 0 bridgehead atoms. The van der Waals surface area contributed by atoms with Crippen molar-refractivity contribution in [1.82, 2.24) is 39.5 Å². The number of H-pyrrole nitrogens is 1. The summed E-state index contributed by atoms with van der Waals surface area (Å²) >= 11 is 2.86. The third-order valence-electron chi connectivity index (χ3n) is 15.5. The zero-order chi connectivity index (χ0) is 66.1. The minimum atomic E-state index is -1.59. The van der Waals surface area contributed by atoms with E-state index in [1.165, 1.54) is 48.9 Å². The maximum absolute atomic E-state index is 13.5. The van der Waals surface area contributed by atoms with Gasteiger partial charge in [-0.1, -0.05) is 12.8 Å². The monoisotopic (exact) mass is 1320 g/mol. The number of aryl methyl sites for hydroxylation is 1. The summed E-state index contributed by atoms with van der Waals surface area (Å²) in [5.74, 6) is -1.83. The second-order valence-electron chi connectivity index (χ2n) is 22.4. The Bertz CT molecular complexity index is 2860. The van der Waals surface area contributed by atoms with Gasteiger partial charge in [-0.15, -0.1) is 0 Å². The number of rotatable bonds is 33. The standard InChI is InChI=1S/C52H88N16O20S2/c1-24-17-68(52(82)64-47(24)80)21-35(73)65(18-31(58)69)10-7-61-32(70)19-66(34(72)20-67-9-6-30(57)63-51(67)81)11-8-62-33(71)23-90-13-5-3-2-4-12-89-22-29-45(87-49-37(60)42(78)40(76)28(16-54)84-49)43(79)50(85-29)88-46-38(74)25(55)14-26(56)44(46)86-48-36(59)41(77)39(75)27(15-53)83-48/h6,9,17,25-29,36-46,48-50,74-79H,2-5,7-8,10-16,18-23,53-56,59-60H2,1H3,(H2,58,69)(H,61,70)(H,62,71)(H2,57,63,81)(H,64,80,82)/t25-,26+,27-,28+,29-,36-,37-,38+,39-,40-,41-,42-,43-,44-,45-,46-,48-,49-,50+/m1/s1. The maximum atomic E-state index is 13.5. The summed E-state index contributed by atoms with van der Waals surface area (Å²) in [5, 5.41) is 70.9. The van der Waals surface area contributed by atoms with Gasteiger partial charge in [0.25, 0.3) is 5.56 Å². The lowest BCUT2D eigenvalue weighted by Crippen LogP contribution is -2.68. The molecule has 2 aromatic rings. The molecule has 36 nitrogen and oxygen atoms in total. The summed E-state index contributed by atoms with van der Waals surface area (Å²) in [6.07, 6.45) is -14.4. The number of nitrogens with one attached hydrogen (secondary N) is 3. The van der Waals surface area contributed by atoms with Gasteiger partial charge in [-0.25, -0.2) is 9.59 Å². The minimum absolute atomic E-state index is 0.0525. The molecule has 38 heteroatoms. The number of thioether (sulfide) groups is 2. The highest BCUT2D eigenvalue weighted by Gasteiger charge is 2.54. The van der Waals surface area contributed by atoms with E-state index < -0.39 is 183 Å². The number of anilines is 1. The predicted molar refractivity (Wildman–Crippen MR) is 322 cm³/mol. The Labute approximate surface area is 524 Å². The minimum Gasteiger partial charge on any atom is -0.389 e. The number of aromatic amines is 1. The molecule has 25 N–H and O–H groups in total. The van der Waals surface area contributed by atoms with Crippen LogP contribution in [-0.4, -0.2) is 281 Å². The van der Waals surface area contributed by atoms with E-state index in [-0.39, 0.29) is 74.5 Å². The molecule has 2 aromatic heterocycles. The molecular weight excluding hydrogens is 1230 g/mol. The number of aliphatic hydroxyl groups is 6. The van der Waals surface area contributed by atoms with Gasteiger partial charge in [-0.2, -0.15) is 28.5 Å². The fourth-order valence-electron chi connectivity index (χ4n) is 10.4. The van der Waals surface area contributed by atoms with E-state index in [9.17, 15) is 69.0 Å². The van der Waals surface area contributed by atoms with E-state index in [1.807, 2.05) is 0 Å². The normalized spacial score (nSPS) is 31.0. The van der Waals surface area contributed by atoms with Gasteiger partial charge in [0.15, 0.2) is 18.9 Å². The van der Waals surface area contributed by atoms with E-state index in [0.717, 1.165) is 44.6 Å². The van der Waals surface area contributed by atoms with Crippen molar-refractivity contribution in [3.8, 4) is 0 Å². The third kappa shape index (κ3) is 20.3. The van der Waals surface area contributed by atoms with Crippen molar-refractivity contribution >= 4 is 58.9 Å². The Morgan fingerprint density at radius 2 is 1.21 bits per heavy atom. The molecule has 6 rings (SSSR count). The highest BCUT2D eigenvalue weighted by atomic mass is 32.2. The van der Waals surface area contributed by atoms with E-state index in [4.69, 9.17) is 74.3 Å². The Morgan fingerprint density at radius 1 is 0.678 bits per heavy atom. The van der Waals surface area contributed by atoms with Crippen LogP contribution < -0.4 is 73.4 Å². The quantitative estimate of drug-likeness (QED) is 0.0295. The summed E-state index contributed by atoms with van der Waals surface area (Å²) in [6.45, 7) is -1.83. The molecule has 0 aromatic carbocycles. The van der Waals surface area contributed by atoms with Gasteiger partial charge in [0, 0.05) is 75.1 Å². The number of aliphatic hydroxyl groups excluding tert-OH is 6. The van der Waals surface area contributed by atoms with Crippen molar-refractivity contribution in [1.29, 1.82) is 0 Å². The van der Waals surface area contributed by atoms with Gasteiger partial charge in [-0.3, -0.25) is 42.9 Å². The van der Waals surface area contributed by atoms with Gasteiger partial charge in [0.1, 0.15) is 79.9 Å². The molecule has 19 atom stereocenters. The molecule has 4 fully saturated rings. The number of carbonyl (C=O) groups is 5. The van der Waals surface area contributed by atoms with E-state index in [1.54, 1.807) is 0 Å². The van der Waals surface area contributed by atoms with Crippen LogP contribution in [0.15, 0.2) is 32.8 Å². The van der Waals surface area contributed by atoms with Crippen molar-refractivity contribution in [3.05, 3.63) is 55.3 Å². The van der Waals surface area contributed by atoms with Crippen LogP contribution in [0, 0.1) is 6.92 Å². The molecule has 0 spiro atoms. The van der Waals surface area contributed by atoms with Crippen LogP contribution in [0.5, 0.6) is 0 Å². The lowest BCUT2D eigenvalue weighted by Gasteiger charge is -2.47. The van der Waals surface area contributed by atoms with E-state index in [0.29, 0.717) is 11.5 Å². The Morgan fingerprint density at radius 3 is 1.79 bits per heavy atom. The molecule has 1 aliphatic carbocycles. The Hall–Kier alpha value is -5.31. The van der Waals surface area contributed by atoms with Crippen LogP contribution in [0.25, 0.3) is 0 Å². The number of primary amides is 1. The third-order valence-corrected chi connectivity index (χ3v) is 17.7. The smallest absolute Gasteiger partial charge is 0.349 e. The van der Waals surface area contributed by atoms with E-state index in [2.05, 4.69) is 20.6 Å². The van der Waals surface area contributed by atoms with Crippen LogP contribution in [-0.2, 0) is 65.5 Å². The molecule has 90 heavy (non-hydrogen) atoms. The lowest BCUT2D eigenvalue weighted by molar-refractivity contribution is -0.306. The number of unbranched alkanes of at least 4 members (excludes halogenated alkanes) is 3. The van der Waals surface area contributed by atoms with Gasteiger partial charge < -0.3 is 125 Å². The van der Waals surface area contributed by atoms with Crippen LogP contribution >= 0.6 is 23.5 Å². The van der Waals surface area contributed by atoms with Crippen molar-refractivity contribution < 1.29 is 83.0 Å². The van der Waals surface area contributed by atoms with Crippen molar-refractivity contribution in [2.75, 3.05) is 81.1 Å². The highest BCUT2D eigenvalue weighted by molar-refractivity contribution is 8.00. The number of amides is 5. The number of nitrogens with zero attached hydrogens (tertiary/aromatic N) is 5. The largest absolute Gasteiger partial charge is 0.389 e. The Balaban J connectivity index is 0.956. The number of ether oxygens (including phenoxy) is 6. The molecule has 4 aliphatic rings. The maximum Gasteiger partial charge on any atom is 0.349 e. The van der Waals surface area contributed by atoms with E-state index >= 15 is 0 Å². The first-order valence-electron chi connectivity index (χ1n) is 29.3. The summed E-state index contributed by atoms with van der Waals surface area (Å²) in [5.41, 5.74) is 45.6. The molecule has 3 aliphatic heterocycles. The molecule has 0 radical (unpaired) electrons. The first kappa shape index (κ1) is 73.7. The average molecular weight is 1320 g/mol. The number of hydrogen-bond acceptors (Lipinski definition) is 30. The molecular formula is C52H88N16O20S2. The predicted octanol–water partition coefficient (Wildman–Crippen LogP) is -10.8. The summed E-state index contributed by atoms with van der Waals surface area (Å²) in [7, 11) is 0. The van der Waals surface area contributed by atoms with Gasteiger partial charge in [0.2, 0.25) is 29.5 Å². The fraction of sp³-hybridized carbons (Fsp3) is 0.750. The summed E-state index contributed by atoms with van der Waals surface area (Å²) < 4.78 is 38.5. The van der Waals surface area contributed by atoms with Crippen LogP contribution in [0.4, 0.5) is 5.82 Å². The van der Waals surface area contributed by atoms with Crippen LogP contribution in [0.1, 0.15) is 37.7 Å². The molecule has 1 saturated carbocycles. The van der Waals surface area contributed by atoms with Crippen LogP contribution in [0.2, 0.25) is 0 Å².